The third kappa shape index (κ3) is 3.40. The fourth-order valence-electron chi connectivity index (χ4n) is 1.16. The Hall–Kier alpha value is -1.66. The molecule has 0 fully saturated rings. The maximum atomic E-state index is 11.7. The quantitative estimate of drug-likeness (QED) is 0.628. The molecule has 0 aliphatic heterocycles. The minimum absolute atomic E-state index is 0.0705. The molecule has 1 unspecified atom stereocenters. The molecule has 0 saturated heterocycles. The third-order valence-electron chi connectivity index (χ3n) is 2.14. The Balaban J connectivity index is 3.00. The van der Waals surface area contributed by atoms with Crippen LogP contribution in [0.3, 0.4) is 0 Å². The van der Waals surface area contributed by atoms with E-state index >= 15 is 0 Å². The van der Waals surface area contributed by atoms with Crippen LogP contribution < -0.4 is 11.1 Å². The van der Waals surface area contributed by atoms with Crippen LogP contribution in [0.25, 0.3) is 0 Å². The number of hydrogen-bond acceptors (Lipinski definition) is 4. The predicted octanol–water partition coefficient (Wildman–Crippen LogP) is 1.33. The van der Waals surface area contributed by atoms with Crippen molar-refractivity contribution in [2.24, 2.45) is 5.73 Å². The number of nitrogens with zero attached hydrogens (tertiary/aromatic N) is 1. The van der Waals surface area contributed by atoms with Crippen molar-refractivity contribution in [3.05, 3.63) is 38.9 Å². The second-order valence-electron chi connectivity index (χ2n) is 3.53. The van der Waals surface area contributed by atoms with E-state index in [1.54, 1.807) is 6.92 Å². The van der Waals surface area contributed by atoms with E-state index in [0.29, 0.717) is 0 Å². The molecule has 6 nitrogen and oxygen atoms in total. The molecule has 1 amide bonds. The first-order valence-corrected chi connectivity index (χ1v) is 5.28. The van der Waals surface area contributed by atoms with E-state index in [9.17, 15) is 14.9 Å². The monoisotopic (exact) mass is 257 g/mol. The fourth-order valence-corrected chi connectivity index (χ4v) is 1.36. The van der Waals surface area contributed by atoms with Gasteiger partial charge in [-0.15, -0.1) is 0 Å². The van der Waals surface area contributed by atoms with Crippen molar-refractivity contribution in [1.29, 1.82) is 0 Å². The summed E-state index contributed by atoms with van der Waals surface area (Å²) in [4.78, 5) is 21.7. The van der Waals surface area contributed by atoms with Crippen molar-refractivity contribution < 1.29 is 9.72 Å². The van der Waals surface area contributed by atoms with Crippen LogP contribution in [0.1, 0.15) is 17.3 Å². The minimum atomic E-state index is -0.584. The van der Waals surface area contributed by atoms with Crippen molar-refractivity contribution >= 4 is 23.2 Å². The van der Waals surface area contributed by atoms with Gasteiger partial charge in [0.05, 0.1) is 15.5 Å². The van der Waals surface area contributed by atoms with Crippen molar-refractivity contribution in [2.45, 2.75) is 13.0 Å². The summed E-state index contributed by atoms with van der Waals surface area (Å²) in [6.07, 6.45) is 0. The van der Waals surface area contributed by atoms with Gasteiger partial charge in [-0.25, -0.2) is 0 Å². The van der Waals surface area contributed by atoms with Gasteiger partial charge in [0.1, 0.15) is 0 Å². The molecule has 3 N–H and O–H groups in total. The Morgan fingerprint density at radius 2 is 2.29 bits per heavy atom. The zero-order valence-corrected chi connectivity index (χ0v) is 9.90. The van der Waals surface area contributed by atoms with Gasteiger partial charge in [-0.2, -0.15) is 0 Å². The van der Waals surface area contributed by atoms with Gasteiger partial charge in [-0.1, -0.05) is 11.6 Å². The maximum absolute atomic E-state index is 11.7. The molecule has 92 valence electrons. The van der Waals surface area contributed by atoms with Crippen LogP contribution in [0, 0.1) is 10.1 Å². The van der Waals surface area contributed by atoms with E-state index in [1.165, 1.54) is 12.1 Å². The molecule has 17 heavy (non-hydrogen) atoms. The largest absolute Gasteiger partial charge is 0.348 e. The lowest BCUT2D eigenvalue weighted by molar-refractivity contribution is -0.384. The van der Waals surface area contributed by atoms with Crippen LogP contribution in [0.5, 0.6) is 0 Å². The molecule has 0 spiro atoms. The molecule has 1 rings (SSSR count). The summed E-state index contributed by atoms with van der Waals surface area (Å²) in [7, 11) is 0. The number of halogens is 1. The topological polar surface area (TPSA) is 98.3 Å². The average Bonchev–Trinajstić information content (AvgIpc) is 2.28. The molecule has 0 heterocycles. The molecule has 0 aliphatic carbocycles. The van der Waals surface area contributed by atoms with Crippen LogP contribution in [-0.4, -0.2) is 23.4 Å². The number of benzene rings is 1. The molecule has 1 aromatic rings. The van der Waals surface area contributed by atoms with E-state index in [0.717, 1.165) is 6.07 Å². The van der Waals surface area contributed by atoms with Crippen LogP contribution in [0.2, 0.25) is 5.02 Å². The Bertz CT molecular complexity index is 450. The van der Waals surface area contributed by atoms with Gasteiger partial charge in [0.2, 0.25) is 0 Å². The highest BCUT2D eigenvalue weighted by atomic mass is 35.5. The summed E-state index contributed by atoms with van der Waals surface area (Å²) in [5.41, 5.74) is 5.25. The van der Waals surface area contributed by atoms with Crippen molar-refractivity contribution in [3.63, 3.8) is 0 Å². The number of nitrogens with one attached hydrogen (secondary N) is 1. The molecule has 1 aromatic carbocycles. The Labute approximate surface area is 103 Å². The minimum Gasteiger partial charge on any atom is -0.348 e. The highest BCUT2D eigenvalue weighted by molar-refractivity contribution is 6.33. The van der Waals surface area contributed by atoms with Gasteiger partial charge >= 0.3 is 0 Å². The van der Waals surface area contributed by atoms with E-state index < -0.39 is 10.8 Å². The Morgan fingerprint density at radius 3 is 2.82 bits per heavy atom. The second-order valence-corrected chi connectivity index (χ2v) is 3.94. The lowest BCUT2D eigenvalue weighted by Crippen LogP contribution is -2.37. The second kappa shape index (κ2) is 5.60. The van der Waals surface area contributed by atoms with Gasteiger partial charge in [0.15, 0.2) is 0 Å². The molecule has 7 heteroatoms. The lowest BCUT2D eigenvalue weighted by atomic mass is 10.1. The molecule has 0 saturated carbocycles. The van der Waals surface area contributed by atoms with Gasteiger partial charge in [0.25, 0.3) is 11.6 Å². The molecule has 1 atom stereocenters. The zero-order chi connectivity index (χ0) is 13.0. The van der Waals surface area contributed by atoms with Crippen LogP contribution >= 0.6 is 11.6 Å². The van der Waals surface area contributed by atoms with Gasteiger partial charge in [-0.3, -0.25) is 14.9 Å². The summed E-state index contributed by atoms with van der Waals surface area (Å²) in [5.74, 6) is -0.475. The van der Waals surface area contributed by atoms with E-state index in [1.807, 2.05) is 0 Å². The number of amides is 1. The number of nitro groups is 1. The average molecular weight is 258 g/mol. The predicted molar refractivity (Wildman–Crippen MR) is 64.1 cm³/mol. The summed E-state index contributed by atoms with van der Waals surface area (Å²) >= 11 is 5.81. The van der Waals surface area contributed by atoms with Crippen LogP contribution in [0.4, 0.5) is 5.69 Å². The third-order valence-corrected chi connectivity index (χ3v) is 2.47. The van der Waals surface area contributed by atoms with Crippen molar-refractivity contribution in [1.82, 2.24) is 5.32 Å². The maximum Gasteiger partial charge on any atom is 0.270 e. The fraction of sp³-hybridized carbons (Fsp3) is 0.300. The van der Waals surface area contributed by atoms with Crippen molar-refractivity contribution in [3.8, 4) is 0 Å². The Kier molecular flexibility index (Phi) is 4.42. The molecular formula is C10H12ClN3O3. The molecule has 0 aromatic heterocycles. The zero-order valence-electron chi connectivity index (χ0n) is 9.14. The molecule has 0 bridgehead atoms. The van der Waals surface area contributed by atoms with Gasteiger partial charge < -0.3 is 11.1 Å². The molecule has 0 radical (unpaired) electrons. The smallest absolute Gasteiger partial charge is 0.270 e. The first-order chi connectivity index (χ1) is 7.95. The number of non-ortho nitro benzene ring substituents is 1. The van der Waals surface area contributed by atoms with E-state index in [-0.39, 0.29) is 28.9 Å². The first kappa shape index (κ1) is 13.4. The SMILES string of the molecule is CC(CN)NC(=O)c1cc([N+](=O)[O-])ccc1Cl. The first-order valence-electron chi connectivity index (χ1n) is 4.90. The van der Waals surface area contributed by atoms with Crippen LogP contribution in [-0.2, 0) is 0 Å². The summed E-state index contributed by atoms with van der Waals surface area (Å²) in [6.45, 7) is 2.00. The van der Waals surface area contributed by atoms with Crippen LogP contribution in [0.15, 0.2) is 18.2 Å². The van der Waals surface area contributed by atoms with Gasteiger partial charge in [-0.05, 0) is 13.0 Å². The van der Waals surface area contributed by atoms with Gasteiger partial charge in [0, 0.05) is 24.7 Å². The summed E-state index contributed by atoms with van der Waals surface area (Å²) in [6, 6.07) is 3.48. The van der Waals surface area contributed by atoms with E-state index in [4.69, 9.17) is 17.3 Å². The number of carbonyl (C=O) groups is 1. The summed E-state index contributed by atoms with van der Waals surface area (Å²) in [5, 5.41) is 13.3. The number of nitro benzene ring substituents is 1. The van der Waals surface area contributed by atoms with Crippen molar-refractivity contribution in [2.75, 3.05) is 6.54 Å². The highest BCUT2D eigenvalue weighted by Gasteiger charge is 2.16. The normalized spacial score (nSPS) is 11.9. The lowest BCUT2D eigenvalue weighted by Gasteiger charge is -2.11. The summed E-state index contributed by atoms with van der Waals surface area (Å²) < 4.78 is 0. The molecule has 0 aliphatic rings. The number of hydrogen-bond donors (Lipinski definition) is 2. The highest BCUT2D eigenvalue weighted by Crippen LogP contribution is 2.21. The molecular weight excluding hydrogens is 246 g/mol. The van der Waals surface area contributed by atoms with E-state index in [2.05, 4.69) is 5.32 Å². The standard InChI is InChI=1S/C10H12ClN3O3/c1-6(5-12)13-10(15)8-4-7(14(16)17)2-3-9(8)11/h2-4,6H,5,12H2,1H3,(H,13,15). The number of rotatable bonds is 4. The Morgan fingerprint density at radius 1 is 1.65 bits per heavy atom. The number of nitrogens with two attached hydrogens (primary N) is 1. The number of carbonyl (C=O) groups excluding carboxylic acids is 1.